The molecule has 1 aromatic carbocycles. The molecular formula is C18H22N2O2. The lowest BCUT2D eigenvalue weighted by Crippen LogP contribution is -2.46. The molecule has 1 aromatic heterocycles. The smallest absolute Gasteiger partial charge is 0.326 e. The molecule has 1 aliphatic rings. The van der Waals surface area contributed by atoms with E-state index in [1.807, 2.05) is 39.8 Å². The van der Waals surface area contributed by atoms with Gasteiger partial charge >= 0.3 is 5.97 Å². The molecule has 4 nitrogen and oxygen atoms in total. The summed E-state index contributed by atoms with van der Waals surface area (Å²) in [6.45, 7) is 8.43. The Kier molecular flexibility index (Phi) is 3.44. The van der Waals surface area contributed by atoms with E-state index in [0.29, 0.717) is 13.0 Å². The minimum absolute atomic E-state index is 0.171. The van der Waals surface area contributed by atoms with E-state index >= 15 is 0 Å². The lowest BCUT2D eigenvalue weighted by molar-refractivity contribution is -0.149. The van der Waals surface area contributed by atoms with Gasteiger partial charge in [-0.3, -0.25) is 15.1 Å². The zero-order valence-corrected chi connectivity index (χ0v) is 13.6. The van der Waals surface area contributed by atoms with Gasteiger partial charge in [-0.25, -0.2) is 0 Å². The first-order chi connectivity index (χ1) is 10.3. The Morgan fingerprint density at radius 1 is 1.23 bits per heavy atom. The molecule has 2 aromatic rings. The number of aryl methyl sites for hydroxylation is 1. The molecule has 4 heteroatoms. The summed E-state index contributed by atoms with van der Waals surface area (Å²) in [4.78, 5) is 16.6. The number of benzene rings is 1. The van der Waals surface area contributed by atoms with E-state index < -0.39 is 11.1 Å². The summed E-state index contributed by atoms with van der Waals surface area (Å²) in [5.74, 6) is -0.171. The third-order valence-corrected chi connectivity index (χ3v) is 4.17. The summed E-state index contributed by atoms with van der Waals surface area (Å²) in [5.41, 5.74) is 2.13. The third-order valence-electron chi connectivity index (χ3n) is 4.17. The predicted molar refractivity (Wildman–Crippen MR) is 86.5 cm³/mol. The highest BCUT2D eigenvalue weighted by atomic mass is 16.6. The first-order valence-electron chi connectivity index (χ1n) is 7.62. The van der Waals surface area contributed by atoms with Crippen molar-refractivity contribution in [3.8, 4) is 0 Å². The minimum atomic E-state index is -0.621. The average Bonchev–Trinajstić information content (AvgIpc) is 2.65. The van der Waals surface area contributed by atoms with Gasteiger partial charge in [-0.1, -0.05) is 12.1 Å². The third kappa shape index (κ3) is 2.83. The summed E-state index contributed by atoms with van der Waals surface area (Å²) in [5, 5.41) is 4.48. The summed E-state index contributed by atoms with van der Waals surface area (Å²) >= 11 is 0. The number of nitrogens with one attached hydrogen (secondary N) is 1. The fourth-order valence-electron chi connectivity index (χ4n) is 3.14. The van der Waals surface area contributed by atoms with Crippen molar-refractivity contribution in [2.75, 3.05) is 0 Å². The number of esters is 1. The molecule has 2 heterocycles. The highest BCUT2D eigenvalue weighted by molar-refractivity contribution is 5.83. The molecule has 1 fully saturated rings. The molecule has 0 aliphatic carbocycles. The molecule has 0 radical (unpaired) electrons. The molecule has 0 saturated carbocycles. The lowest BCUT2D eigenvalue weighted by atomic mass is 9.91. The molecule has 1 saturated heterocycles. The van der Waals surface area contributed by atoms with Crippen LogP contribution in [-0.4, -0.2) is 22.1 Å². The van der Waals surface area contributed by atoms with Crippen LogP contribution in [0, 0.1) is 6.92 Å². The van der Waals surface area contributed by atoms with Crippen LogP contribution in [0.5, 0.6) is 0 Å². The molecule has 3 rings (SSSR count). The van der Waals surface area contributed by atoms with E-state index in [2.05, 4.69) is 28.5 Å². The number of aromatic nitrogens is 1. The Morgan fingerprint density at radius 2 is 2.00 bits per heavy atom. The highest BCUT2D eigenvalue weighted by Crippen LogP contribution is 2.33. The maximum Gasteiger partial charge on any atom is 0.326 e. The molecule has 1 N–H and O–H groups in total. The van der Waals surface area contributed by atoms with Crippen molar-refractivity contribution >= 4 is 16.9 Å². The number of fused-ring (bicyclic) bond motifs is 1. The second-order valence-electron chi connectivity index (χ2n) is 6.99. The maximum atomic E-state index is 12.1. The zero-order chi connectivity index (χ0) is 16.0. The fraction of sp³-hybridized carbons (Fsp3) is 0.444. The molecule has 22 heavy (non-hydrogen) atoms. The van der Waals surface area contributed by atoms with Gasteiger partial charge in [0, 0.05) is 24.0 Å². The van der Waals surface area contributed by atoms with Crippen LogP contribution in [0.2, 0.25) is 0 Å². The van der Waals surface area contributed by atoms with Crippen LogP contribution in [0.1, 0.15) is 38.4 Å². The Bertz CT molecular complexity index is 739. The van der Waals surface area contributed by atoms with Gasteiger partial charge in [0.15, 0.2) is 0 Å². The van der Waals surface area contributed by atoms with Crippen LogP contribution in [0.15, 0.2) is 30.3 Å². The predicted octanol–water partition coefficient (Wildman–Crippen LogP) is 3.12. The van der Waals surface area contributed by atoms with Gasteiger partial charge < -0.3 is 4.74 Å². The van der Waals surface area contributed by atoms with Gasteiger partial charge in [-0.05, 0) is 51.5 Å². The van der Waals surface area contributed by atoms with E-state index in [1.54, 1.807) is 0 Å². The maximum absolute atomic E-state index is 12.1. The van der Waals surface area contributed by atoms with E-state index in [4.69, 9.17) is 4.74 Å². The average molecular weight is 298 g/mol. The van der Waals surface area contributed by atoms with Crippen molar-refractivity contribution in [1.29, 1.82) is 0 Å². The largest absolute Gasteiger partial charge is 0.458 e. The normalized spacial score (nSPS) is 23.7. The van der Waals surface area contributed by atoms with Crippen LogP contribution in [0.4, 0.5) is 0 Å². The van der Waals surface area contributed by atoms with Crippen molar-refractivity contribution in [1.82, 2.24) is 10.3 Å². The quantitative estimate of drug-likeness (QED) is 0.885. The molecule has 1 unspecified atom stereocenters. The van der Waals surface area contributed by atoms with Crippen molar-refractivity contribution < 1.29 is 9.53 Å². The molecular weight excluding hydrogens is 276 g/mol. The monoisotopic (exact) mass is 298 g/mol. The number of nitrogens with zero attached hydrogens (tertiary/aromatic N) is 1. The van der Waals surface area contributed by atoms with Gasteiger partial charge in [0.05, 0.1) is 5.52 Å². The molecule has 1 aliphatic heterocycles. The number of hydrogen-bond acceptors (Lipinski definition) is 4. The Balaban J connectivity index is 1.77. The van der Waals surface area contributed by atoms with Crippen LogP contribution >= 0.6 is 0 Å². The number of hydrogen-bond donors (Lipinski definition) is 1. The van der Waals surface area contributed by atoms with E-state index in [0.717, 1.165) is 22.2 Å². The lowest BCUT2D eigenvalue weighted by Gasteiger charge is -2.22. The number of rotatable bonds is 3. The van der Waals surface area contributed by atoms with Crippen molar-refractivity contribution in [2.24, 2.45) is 0 Å². The summed E-state index contributed by atoms with van der Waals surface area (Å²) < 4.78 is 5.42. The van der Waals surface area contributed by atoms with Crippen LogP contribution in [-0.2, 0) is 16.1 Å². The van der Waals surface area contributed by atoms with Crippen molar-refractivity contribution in [3.05, 3.63) is 41.6 Å². The number of pyridine rings is 1. The Labute approximate surface area is 130 Å². The van der Waals surface area contributed by atoms with Gasteiger partial charge in [0.2, 0.25) is 0 Å². The summed E-state index contributed by atoms with van der Waals surface area (Å²) in [6, 6.07) is 10.3. The summed E-state index contributed by atoms with van der Waals surface area (Å²) in [6.07, 6.45) is 0.674. The van der Waals surface area contributed by atoms with Crippen LogP contribution in [0.25, 0.3) is 10.9 Å². The second-order valence-corrected chi connectivity index (χ2v) is 6.99. The van der Waals surface area contributed by atoms with E-state index in [9.17, 15) is 4.79 Å². The highest BCUT2D eigenvalue weighted by Gasteiger charge is 2.49. The molecule has 0 amide bonds. The minimum Gasteiger partial charge on any atom is -0.458 e. The van der Waals surface area contributed by atoms with Crippen molar-refractivity contribution in [3.63, 3.8) is 0 Å². The van der Waals surface area contributed by atoms with E-state index in [1.165, 1.54) is 0 Å². The first kappa shape index (κ1) is 15.0. The fourth-order valence-corrected chi connectivity index (χ4v) is 3.14. The standard InChI is InChI=1S/C18H22N2O2/c1-12-5-7-14-9-13(6-8-15(14)20-12)10-19-18(4)11-17(2,3)22-16(18)21/h5-9,19H,10-11H2,1-4H3. The van der Waals surface area contributed by atoms with Crippen molar-refractivity contribution in [2.45, 2.75) is 51.8 Å². The number of cyclic esters (lactones) is 1. The molecule has 0 spiro atoms. The van der Waals surface area contributed by atoms with Crippen LogP contribution < -0.4 is 5.32 Å². The molecule has 1 atom stereocenters. The summed E-state index contributed by atoms with van der Waals surface area (Å²) in [7, 11) is 0. The Morgan fingerprint density at radius 3 is 2.68 bits per heavy atom. The van der Waals surface area contributed by atoms with Crippen LogP contribution in [0.3, 0.4) is 0 Å². The Hall–Kier alpha value is -1.94. The first-order valence-corrected chi connectivity index (χ1v) is 7.62. The second kappa shape index (κ2) is 5.06. The van der Waals surface area contributed by atoms with Gasteiger partial charge in [-0.15, -0.1) is 0 Å². The molecule has 116 valence electrons. The number of carbonyl (C=O) groups is 1. The van der Waals surface area contributed by atoms with E-state index in [-0.39, 0.29) is 5.97 Å². The molecule has 0 bridgehead atoms. The number of ether oxygens (including phenoxy) is 1. The number of carbonyl (C=O) groups excluding carboxylic acids is 1. The SMILES string of the molecule is Cc1ccc2cc(CNC3(C)CC(C)(C)OC3=O)ccc2n1. The topological polar surface area (TPSA) is 51.2 Å². The zero-order valence-electron chi connectivity index (χ0n) is 13.6. The van der Waals surface area contributed by atoms with Gasteiger partial charge in [0.1, 0.15) is 11.1 Å². The van der Waals surface area contributed by atoms with Gasteiger partial charge in [-0.2, -0.15) is 0 Å². The van der Waals surface area contributed by atoms with Gasteiger partial charge in [0.25, 0.3) is 0 Å².